The fraction of sp³-hybridized carbons (Fsp3) is 0.375. The summed E-state index contributed by atoms with van der Waals surface area (Å²) in [6, 6.07) is 0.0525. The van der Waals surface area contributed by atoms with Gasteiger partial charge in [0.15, 0.2) is 0 Å². The minimum Gasteiger partial charge on any atom is -0.324 e. The van der Waals surface area contributed by atoms with Crippen molar-refractivity contribution in [3.8, 4) is 0 Å². The van der Waals surface area contributed by atoms with Crippen molar-refractivity contribution >= 4 is 11.6 Å². The van der Waals surface area contributed by atoms with Gasteiger partial charge in [-0.15, -0.1) is 0 Å². The first-order valence-electron chi connectivity index (χ1n) is 3.80. The Kier molecular flexibility index (Phi) is 3.01. The van der Waals surface area contributed by atoms with E-state index in [0.717, 1.165) is 12.3 Å². The smallest absolute Gasteiger partial charge is 0.324 e. The lowest BCUT2D eigenvalue weighted by atomic mass is 10.0. The normalized spacial score (nSPS) is 14.1. The molecular weight excluding hydrogens is 217 g/mol. The number of pyridine rings is 1. The molecule has 14 heavy (non-hydrogen) atoms. The van der Waals surface area contributed by atoms with Crippen LogP contribution in [0.5, 0.6) is 0 Å². The molecule has 0 saturated heterocycles. The van der Waals surface area contributed by atoms with E-state index in [-0.39, 0.29) is 10.7 Å². The second-order valence-electron chi connectivity index (χ2n) is 2.88. The Morgan fingerprint density at radius 2 is 2.07 bits per heavy atom. The number of nitrogens with zero attached hydrogens (tertiary/aromatic N) is 1. The quantitative estimate of drug-likeness (QED) is 0.745. The monoisotopic (exact) mass is 224 g/mol. The van der Waals surface area contributed by atoms with Crippen molar-refractivity contribution in [3.63, 3.8) is 0 Å². The van der Waals surface area contributed by atoms with E-state index < -0.39 is 17.8 Å². The highest BCUT2D eigenvalue weighted by Crippen LogP contribution is 2.34. The van der Waals surface area contributed by atoms with Crippen molar-refractivity contribution in [2.75, 3.05) is 0 Å². The molecular formula is C8H8ClF3N2. The predicted octanol–water partition coefficient (Wildman–Crippen LogP) is 2.77. The van der Waals surface area contributed by atoms with Gasteiger partial charge in [-0.25, -0.2) is 4.98 Å². The number of hydrogen-bond donors (Lipinski definition) is 1. The van der Waals surface area contributed by atoms with Crippen LogP contribution in [0.25, 0.3) is 0 Å². The second-order valence-corrected chi connectivity index (χ2v) is 3.27. The van der Waals surface area contributed by atoms with Gasteiger partial charge in [0.25, 0.3) is 0 Å². The van der Waals surface area contributed by atoms with Gasteiger partial charge in [0, 0.05) is 12.2 Å². The highest BCUT2D eigenvalue weighted by Gasteiger charge is 2.34. The molecule has 2 N–H and O–H groups in total. The summed E-state index contributed by atoms with van der Waals surface area (Å²) >= 11 is 5.38. The van der Waals surface area contributed by atoms with E-state index in [1.54, 1.807) is 0 Å². The maximum absolute atomic E-state index is 12.4. The van der Waals surface area contributed by atoms with Crippen LogP contribution in [0.15, 0.2) is 12.3 Å². The molecule has 6 heteroatoms. The molecule has 1 aromatic rings. The van der Waals surface area contributed by atoms with E-state index in [1.807, 2.05) is 0 Å². The van der Waals surface area contributed by atoms with E-state index in [4.69, 9.17) is 17.3 Å². The Hall–Kier alpha value is -0.810. The zero-order valence-corrected chi connectivity index (χ0v) is 8.02. The molecule has 0 aliphatic heterocycles. The Balaban J connectivity index is 3.30. The van der Waals surface area contributed by atoms with Gasteiger partial charge in [-0.1, -0.05) is 11.6 Å². The van der Waals surface area contributed by atoms with Crippen molar-refractivity contribution in [2.45, 2.75) is 19.1 Å². The number of aromatic nitrogens is 1. The molecule has 1 heterocycles. The highest BCUT2D eigenvalue weighted by molar-refractivity contribution is 6.29. The van der Waals surface area contributed by atoms with Gasteiger partial charge < -0.3 is 5.73 Å². The molecule has 0 radical (unpaired) electrons. The molecule has 1 aromatic heterocycles. The topological polar surface area (TPSA) is 38.9 Å². The minimum atomic E-state index is -4.45. The zero-order chi connectivity index (χ0) is 10.9. The first-order chi connectivity index (χ1) is 6.32. The average molecular weight is 225 g/mol. The summed E-state index contributed by atoms with van der Waals surface area (Å²) < 4.78 is 37.3. The van der Waals surface area contributed by atoms with Crippen molar-refractivity contribution in [1.29, 1.82) is 0 Å². The summed E-state index contributed by atoms with van der Waals surface area (Å²) in [6.45, 7) is 1.46. The van der Waals surface area contributed by atoms with Crippen LogP contribution in [0, 0.1) is 0 Å². The molecule has 0 fully saturated rings. The van der Waals surface area contributed by atoms with Crippen molar-refractivity contribution in [3.05, 3.63) is 28.5 Å². The molecule has 0 saturated carbocycles. The molecule has 0 aliphatic carbocycles. The first kappa shape index (κ1) is 11.3. The molecule has 0 unspecified atom stereocenters. The summed E-state index contributed by atoms with van der Waals surface area (Å²) in [7, 11) is 0. The third kappa shape index (κ3) is 2.36. The summed E-state index contributed by atoms with van der Waals surface area (Å²) in [5.74, 6) is 0. The minimum absolute atomic E-state index is 0.0538. The fourth-order valence-corrected chi connectivity index (χ4v) is 1.21. The van der Waals surface area contributed by atoms with Crippen molar-refractivity contribution in [2.24, 2.45) is 5.73 Å². The van der Waals surface area contributed by atoms with Crippen LogP contribution in [0.3, 0.4) is 0 Å². The van der Waals surface area contributed by atoms with Crippen LogP contribution >= 0.6 is 11.6 Å². The van der Waals surface area contributed by atoms with Gasteiger partial charge in [-0.05, 0) is 18.6 Å². The van der Waals surface area contributed by atoms with Crippen LogP contribution in [0.1, 0.15) is 24.1 Å². The summed E-state index contributed by atoms with van der Waals surface area (Å²) in [5.41, 5.74) is 4.50. The number of hydrogen-bond acceptors (Lipinski definition) is 2. The molecule has 0 spiro atoms. The summed E-state index contributed by atoms with van der Waals surface area (Å²) in [4.78, 5) is 3.56. The van der Waals surface area contributed by atoms with Crippen LogP contribution in [0.4, 0.5) is 13.2 Å². The summed E-state index contributed by atoms with van der Waals surface area (Å²) in [6.07, 6.45) is -3.40. The van der Waals surface area contributed by atoms with Gasteiger partial charge in [-0.3, -0.25) is 0 Å². The van der Waals surface area contributed by atoms with Crippen LogP contribution in [0.2, 0.25) is 5.15 Å². The molecule has 2 nitrogen and oxygen atoms in total. The number of halogens is 4. The molecule has 0 aromatic carbocycles. The van der Waals surface area contributed by atoms with Gasteiger partial charge in [0.1, 0.15) is 5.15 Å². The number of alkyl halides is 3. The molecule has 78 valence electrons. The second kappa shape index (κ2) is 3.74. The molecule has 1 rings (SSSR count). The van der Waals surface area contributed by atoms with Gasteiger partial charge in [0.2, 0.25) is 0 Å². The van der Waals surface area contributed by atoms with Gasteiger partial charge >= 0.3 is 6.18 Å². The van der Waals surface area contributed by atoms with Crippen LogP contribution in [-0.4, -0.2) is 4.98 Å². The van der Waals surface area contributed by atoms with E-state index in [2.05, 4.69) is 4.98 Å². The number of nitrogens with two attached hydrogens (primary N) is 1. The molecule has 0 bridgehead atoms. The zero-order valence-electron chi connectivity index (χ0n) is 7.27. The Morgan fingerprint density at radius 3 is 2.50 bits per heavy atom. The van der Waals surface area contributed by atoms with Crippen LogP contribution < -0.4 is 5.73 Å². The maximum atomic E-state index is 12.4. The van der Waals surface area contributed by atoms with Gasteiger partial charge in [-0.2, -0.15) is 13.2 Å². The number of rotatable bonds is 1. The fourth-order valence-electron chi connectivity index (χ4n) is 1.05. The Morgan fingerprint density at radius 1 is 1.50 bits per heavy atom. The molecule has 0 amide bonds. The maximum Gasteiger partial charge on any atom is 0.416 e. The van der Waals surface area contributed by atoms with Gasteiger partial charge in [0.05, 0.1) is 5.56 Å². The van der Waals surface area contributed by atoms with Crippen LogP contribution in [-0.2, 0) is 6.18 Å². The van der Waals surface area contributed by atoms with E-state index in [1.165, 1.54) is 6.92 Å². The van der Waals surface area contributed by atoms with E-state index >= 15 is 0 Å². The SMILES string of the molecule is C[C@H](N)c1cnc(Cl)cc1C(F)(F)F. The Bertz CT molecular complexity index is 336. The lowest BCUT2D eigenvalue weighted by molar-refractivity contribution is -0.138. The lowest BCUT2D eigenvalue weighted by Gasteiger charge is -2.14. The third-order valence-corrected chi connectivity index (χ3v) is 1.90. The predicted molar refractivity (Wildman–Crippen MR) is 46.9 cm³/mol. The highest BCUT2D eigenvalue weighted by atomic mass is 35.5. The Labute approximate surface area is 83.9 Å². The van der Waals surface area contributed by atoms with Crippen molar-refractivity contribution in [1.82, 2.24) is 4.98 Å². The molecule has 0 aliphatic rings. The van der Waals surface area contributed by atoms with E-state index in [0.29, 0.717) is 0 Å². The molecule has 1 atom stereocenters. The first-order valence-corrected chi connectivity index (χ1v) is 4.18. The standard InChI is InChI=1S/C8H8ClF3N2/c1-4(13)5-3-14-7(9)2-6(5)8(10,11)12/h2-4H,13H2,1H3/t4-/m0/s1. The largest absolute Gasteiger partial charge is 0.416 e. The third-order valence-electron chi connectivity index (χ3n) is 1.70. The van der Waals surface area contributed by atoms with Crippen molar-refractivity contribution < 1.29 is 13.2 Å². The summed E-state index contributed by atoms with van der Waals surface area (Å²) in [5, 5.41) is -0.193. The van der Waals surface area contributed by atoms with E-state index in [9.17, 15) is 13.2 Å². The lowest BCUT2D eigenvalue weighted by Crippen LogP contribution is -2.15. The average Bonchev–Trinajstić information content (AvgIpc) is 2.01.